The Hall–Kier alpha value is -2.18. The summed E-state index contributed by atoms with van der Waals surface area (Å²) in [6.45, 7) is 6.52. The van der Waals surface area contributed by atoms with Crippen molar-refractivity contribution in [2.75, 3.05) is 32.8 Å². The van der Waals surface area contributed by atoms with Crippen molar-refractivity contribution in [2.24, 2.45) is 0 Å². The van der Waals surface area contributed by atoms with Crippen molar-refractivity contribution in [3.8, 4) is 0 Å². The molecule has 1 aromatic heterocycles. The summed E-state index contributed by atoms with van der Waals surface area (Å²) >= 11 is 0. The van der Waals surface area contributed by atoms with Gasteiger partial charge in [-0.1, -0.05) is 42.4 Å². The number of morpholine rings is 1. The van der Waals surface area contributed by atoms with E-state index >= 15 is 0 Å². The number of nitrogens with zero attached hydrogens (tertiary/aromatic N) is 2. The average molecular weight is 329 g/mol. The molecular formula is C18H23N3O3. The smallest absolute Gasteiger partial charge is 0.273 e. The van der Waals surface area contributed by atoms with Crippen LogP contribution >= 0.6 is 0 Å². The van der Waals surface area contributed by atoms with E-state index in [0.29, 0.717) is 24.5 Å². The van der Waals surface area contributed by atoms with Crippen LogP contribution in [0.25, 0.3) is 0 Å². The normalized spacial score (nSPS) is 16.7. The molecule has 0 saturated carbocycles. The van der Waals surface area contributed by atoms with Gasteiger partial charge in [-0.2, -0.15) is 0 Å². The molecule has 2 heterocycles. The van der Waals surface area contributed by atoms with E-state index in [1.165, 1.54) is 5.56 Å². The lowest BCUT2D eigenvalue weighted by molar-refractivity contribution is 0.0305. The summed E-state index contributed by atoms with van der Waals surface area (Å²) in [5, 5.41) is 6.81. The molecule has 1 saturated heterocycles. The van der Waals surface area contributed by atoms with Crippen LogP contribution in [0.5, 0.6) is 0 Å². The monoisotopic (exact) mass is 329 g/mol. The van der Waals surface area contributed by atoms with Crippen molar-refractivity contribution in [1.29, 1.82) is 0 Å². The van der Waals surface area contributed by atoms with Crippen LogP contribution in [0.2, 0.25) is 0 Å². The molecule has 1 amide bonds. The van der Waals surface area contributed by atoms with E-state index in [-0.39, 0.29) is 11.8 Å². The van der Waals surface area contributed by atoms with E-state index in [9.17, 15) is 4.79 Å². The maximum Gasteiger partial charge on any atom is 0.273 e. The number of rotatable bonds is 6. The van der Waals surface area contributed by atoms with Crippen molar-refractivity contribution in [2.45, 2.75) is 19.4 Å². The Morgan fingerprint density at radius 2 is 2.04 bits per heavy atom. The Morgan fingerprint density at radius 3 is 2.79 bits per heavy atom. The second-order valence-electron chi connectivity index (χ2n) is 6.09. The van der Waals surface area contributed by atoms with Crippen LogP contribution in [-0.2, 0) is 11.3 Å². The summed E-state index contributed by atoms with van der Waals surface area (Å²) in [5.41, 5.74) is 1.53. The minimum atomic E-state index is -0.199. The number of nitrogens with one attached hydrogen (secondary N) is 1. The van der Waals surface area contributed by atoms with Crippen LogP contribution in [0, 0.1) is 0 Å². The van der Waals surface area contributed by atoms with Gasteiger partial charge in [-0.05, 0) is 11.5 Å². The van der Waals surface area contributed by atoms with E-state index in [0.717, 1.165) is 26.3 Å². The third-order valence-electron chi connectivity index (χ3n) is 4.21. The fraction of sp³-hybridized carbons (Fsp3) is 0.444. The summed E-state index contributed by atoms with van der Waals surface area (Å²) in [6, 6.07) is 11.8. The van der Waals surface area contributed by atoms with E-state index in [1.807, 2.05) is 18.2 Å². The molecule has 128 valence electrons. The largest absolute Gasteiger partial charge is 0.379 e. The van der Waals surface area contributed by atoms with Crippen molar-refractivity contribution in [3.05, 3.63) is 53.4 Å². The predicted molar refractivity (Wildman–Crippen MR) is 89.8 cm³/mol. The van der Waals surface area contributed by atoms with Crippen LogP contribution in [0.3, 0.4) is 0 Å². The van der Waals surface area contributed by atoms with Gasteiger partial charge in [0.2, 0.25) is 0 Å². The number of benzene rings is 1. The van der Waals surface area contributed by atoms with Crippen molar-refractivity contribution < 1.29 is 14.1 Å². The quantitative estimate of drug-likeness (QED) is 0.878. The third-order valence-corrected chi connectivity index (χ3v) is 4.21. The van der Waals surface area contributed by atoms with Gasteiger partial charge in [-0.25, -0.2) is 0 Å². The van der Waals surface area contributed by atoms with Gasteiger partial charge in [-0.3, -0.25) is 9.69 Å². The molecule has 0 bridgehead atoms. The van der Waals surface area contributed by atoms with Gasteiger partial charge in [0.1, 0.15) is 0 Å². The van der Waals surface area contributed by atoms with Crippen molar-refractivity contribution in [3.63, 3.8) is 0 Å². The molecule has 1 fully saturated rings. The van der Waals surface area contributed by atoms with E-state index < -0.39 is 0 Å². The summed E-state index contributed by atoms with van der Waals surface area (Å²) in [5.74, 6) is 0.753. The van der Waals surface area contributed by atoms with Gasteiger partial charge in [0.15, 0.2) is 11.5 Å². The second kappa shape index (κ2) is 8.08. The molecule has 1 aromatic carbocycles. The molecule has 0 aliphatic carbocycles. The Labute approximate surface area is 141 Å². The maximum atomic E-state index is 12.2. The first-order chi connectivity index (χ1) is 11.7. The first kappa shape index (κ1) is 16.7. The first-order valence-corrected chi connectivity index (χ1v) is 8.31. The van der Waals surface area contributed by atoms with E-state index in [1.54, 1.807) is 6.07 Å². The Morgan fingerprint density at radius 1 is 1.29 bits per heavy atom. The summed E-state index contributed by atoms with van der Waals surface area (Å²) in [7, 11) is 0. The highest BCUT2D eigenvalue weighted by atomic mass is 16.5. The third kappa shape index (κ3) is 4.43. The standard InChI is InChI=1S/C18H23N3O3/c1-14(15-5-3-2-4-6-15)12-19-18(22)17-11-16(24-20-17)13-21-7-9-23-10-8-21/h2-6,11,14H,7-10,12-13H2,1H3,(H,19,22). The number of carbonyl (C=O) groups excluding carboxylic acids is 1. The van der Waals surface area contributed by atoms with Gasteiger partial charge in [0.05, 0.1) is 19.8 Å². The molecule has 2 aromatic rings. The fourth-order valence-electron chi connectivity index (χ4n) is 2.71. The highest BCUT2D eigenvalue weighted by molar-refractivity contribution is 5.92. The topological polar surface area (TPSA) is 67.6 Å². The Kier molecular flexibility index (Phi) is 5.61. The van der Waals surface area contributed by atoms with Crippen LogP contribution < -0.4 is 5.32 Å². The van der Waals surface area contributed by atoms with Gasteiger partial charge in [0.25, 0.3) is 5.91 Å². The van der Waals surface area contributed by atoms with E-state index in [2.05, 4.69) is 34.4 Å². The molecule has 0 radical (unpaired) electrons. The minimum absolute atomic E-state index is 0.199. The SMILES string of the molecule is CC(CNC(=O)c1cc(CN2CCOCC2)on1)c1ccccc1. The minimum Gasteiger partial charge on any atom is -0.379 e. The fourth-order valence-corrected chi connectivity index (χ4v) is 2.71. The molecule has 1 unspecified atom stereocenters. The maximum absolute atomic E-state index is 12.2. The Bertz CT molecular complexity index is 651. The van der Waals surface area contributed by atoms with Crippen LogP contribution in [-0.4, -0.2) is 48.8 Å². The zero-order chi connectivity index (χ0) is 16.8. The zero-order valence-electron chi connectivity index (χ0n) is 13.9. The average Bonchev–Trinajstić information content (AvgIpc) is 3.09. The summed E-state index contributed by atoms with van der Waals surface area (Å²) in [4.78, 5) is 14.4. The van der Waals surface area contributed by atoms with Gasteiger partial charge >= 0.3 is 0 Å². The molecule has 1 atom stereocenters. The predicted octanol–water partition coefficient (Wildman–Crippen LogP) is 2.04. The highest BCUT2D eigenvalue weighted by Gasteiger charge is 2.17. The first-order valence-electron chi connectivity index (χ1n) is 8.31. The molecule has 24 heavy (non-hydrogen) atoms. The highest BCUT2D eigenvalue weighted by Crippen LogP contribution is 2.14. The Balaban J connectivity index is 1.50. The molecule has 1 aliphatic heterocycles. The number of carbonyl (C=O) groups is 1. The number of hydrogen-bond acceptors (Lipinski definition) is 5. The number of ether oxygens (including phenoxy) is 1. The molecular weight excluding hydrogens is 306 g/mol. The number of aromatic nitrogens is 1. The molecule has 6 heteroatoms. The lowest BCUT2D eigenvalue weighted by atomic mass is 10.0. The van der Waals surface area contributed by atoms with E-state index in [4.69, 9.17) is 9.26 Å². The molecule has 3 rings (SSSR count). The van der Waals surface area contributed by atoms with Gasteiger partial charge < -0.3 is 14.6 Å². The van der Waals surface area contributed by atoms with Crippen molar-refractivity contribution >= 4 is 5.91 Å². The number of amides is 1. The lowest BCUT2D eigenvalue weighted by Crippen LogP contribution is -2.35. The zero-order valence-corrected chi connectivity index (χ0v) is 13.9. The van der Waals surface area contributed by atoms with Crippen molar-refractivity contribution in [1.82, 2.24) is 15.4 Å². The van der Waals surface area contributed by atoms with Crippen LogP contribution in [0.1, 0.15) is 34.7 Å². The lowest BCUT2D eigenvalue weighted by Gasteiger charge is -2.25. The number of hydrogen-bond donors (Lipinski definition) is 1. The van der Waals surface area contributed by atoms with Gasteiger partial charge in [0, 0.05) is 25.7 Å². The summed E-state index contributed by atoms with van der Waals surface area (Å²) in [6.07, 6.45) is 0. The second-order valence-corrected chi connectivity index (χ2v) is 6.09. The summed E-state index contributed by atoms with van der Waals surface area (Å²) < 4.78 is 10.6. The van der Waals surface area contributed by atoms with Crippen LogP contribution in [0.4, 0.5) is 0 Å². The molecule has 1 aliphatic rings. The van der Waals surface area contributed by atoms with Crippen LogP contribution in [0.15, 0.2) is 40.9 Å². The molecule has 6 nitrogen and oxygen atoms in total. The van der Waals surface area contributed by atoms with Gasteiger partial charge in [-0.15, -0.1) is 0 Å². The molecule has 0 spiro atoms. The molecule has 1 N–H and O–H groups in total.